The van der Waals surface area contributed by atoms with E-state index in [9.17, 15) is 5.11 Å². The molecular weight excluding hydrogens is 230 g/mol. The number of aryl methyl sites for hydroxylation is 1. The van der Waals surface area contributed by atoms with Crippen molar-refractivity contribution in [1.29, 1.82) is 0 Å². The zero-order chi connectivity index (χ0) is 13.0. The van der Waals surface area contributed by atoms with Crippen LogP contribution in [0, 0.1) is 0 Å². The first-order valence-electron chi connectivity index (χ1n) is 5.95. The van der Waals surface area contributed by atoms with Crippen LogP contribution in [0.1, 0.15) is 30.7 Å². The molecule has 0 fully saturated rings. The van der Waals surface area contributed by atoms with E-state index < -0.39 is 6.10 Å². The molecule has 1 atom stereocenters. The third-order valence-corrected chi connectivity index (χ3v) is 2.70. The van der Waals surface area contributed by atoms with Gasteiger partial charge in [-0.15, -0.1) is 0 Å². The third kappa shape index (κ3) is 2.51. The van der Waals surface area contributed by atoms with Gasteiger partial charge in [0.1, 0.15) is 17.5 Å². The molecule has 0 aromatic carbocycles. The molecule has 0 aliphatic rings. The maximum absolute atomic E-state index is 10.3. The first-order chi connectivity index (χ1) is 8.76. The van der Waals surface area contributed by atoms with Crippen molar-refractivity contribution in [2.75, 3.05) is 7.11 Å². The standard InChI is InChI=1S/C13H17N3O2/c1-3-7-16-9-10(8-15-16)13(17)12-11(18-2)5-4-6-14-12/h4-6,8-9,13,17H,3,7H2,1-2H3. The van der Waals surface area contributed by atoms with Gasteiger partial charge in [-0.1, -0.05) is 6.92 Å². The van der Waals surface area contributed by atoms with Crippen molar-refractivity contribution in [3.05, 3.63) is 42.0 Å². The molecule has 0 spiro atoms. The Kier molecular flexibility index (Phi) is 3.94. The van der Waals surface area contributed by atoms with Crippen LogP contribution >= 0.6 is 0 Å². The molecule has 0 radical (unpaired) electrons. The molecule has 0 aliphatic heterocycles. The summed E-state index contributed by atoms with van der Waals surface area (Å²) in [5.74, 6) is 0.577. The lowest BCUT2D eigenvalue weighted by molar-refractivity contribution is 0.209. The molecule has 5 nitrogen and oxygen atoms in total. The normalized spacial score (nSPS) is 12.4. The molecule has 2 heterocycles. The number of methoxy groups -OCH3 is 1. The van der Waals surface area contributed by atoms with E-state index >= 15 is 0 Å². The Hall–Kier alpha value is -1.88. The largest absolute Gasteiger partial charge is 0.495 e. The summed E-state index contributed by atoms with van der Waals surface area (Å²) >= 11 is 0. The lowest BCUT2D eigenvalue weighted by atomic mass is 10.1. The average Bonchev–Trinajstić information content (AvgIpc) is 2.87. The predicted molar refractivity (Wildman–Crippen MR) is 67.4 cm³/mol. The first-order valence-corrected chi connectivity index (χ1v) is 5.95. The minimum Gasteiger partial charge on any atom is -0.495 e. The average molecular weight is 247 g/mol. The van der Waals surface area contributed by atoms with E-state index in [2.05, 4.69) is 17.0 Å². The number of nitrogens with zero attached hydrogens (tertiary/aromatic N) is 3. The van der Waals surface area contributed by atoms with Crippen LogP contribution in [-0.2, 0) is 6.54 Å². The zero-order valence-electron chi connectivity index (χ0n) is 10.6. The molecule has 96 valence electrons. The summed E-state index contributed by atoms with van der Waals surface area (Å²) in [6.07, 6.45) is 5.32. The van der Waals surface area contributed by atoms with Gasteiger partial charge in [-0.05, 0) is 18.6 Å². The van der Waals surface area contributed by atoms with E-state index in [1.54, 1.807) is 31.6 Å². The van der Waals surface area contributed by atoms with Gasteiger partial charge in [0, 0.05) is 24.5 Å². The van der Waals surface area contributed by atoms with Crippen molar-refractivity contribution in [1.82, 2.24) is 14.8 Å². The summed E-state index contributed by atoms with van der Waals surface area (Å²) in [5, 5.41) is 14.5. The van der Waals surface area contributed by atoms with Crippen molar-refractivity contribution in [3.63, 3.8) is 0 Å². The summed E-state index contributed by atoms with van der Waals surface area (Å²) in [6.45, 7) is 2.92. The number of pyridine rings is 1. The highest BCUT2D eigenvalue weighted by atomic mass is 16.5. The van der Waals surface area contributed by atoms with Crippen LogP contribution in [0.4, 0.5) is 0 Å². The number of aliphatic hydroxyl groups excluding tert-OH is 1. The Balaban J connectivity index is 2.26. The van der Waals surface area contributed by atoms with Crippen LogP contribution in [-0.4, -0.2) is 27.0 Å². The van der Waals surface area contributed by atoms with E-state index in [4.69, 9.17) is 4.74 Å². The molecule has 5 heteroatoms. The van der Waals surface area contributed by atoms with Gasteiger partial charge >= 0.3 is 0 Å². The van der Waals surface area contributed by atoms with Crippen LogP contribution in [0.2, 0.25) is 0 Å². The number of aliphatic hydroxyl groups is 1. The number of hydrogen-bond donors (Lipinski definition) is 1. The summed E-state index contributed by atoms with van der Waals surface area (Å²) < 4.78 is 7.01. The van der Waals surface area contributed by atoms with E-state index in [-0.39, 0.29) is 0 Å². The smallest absolute Gasteiger partial charge is 0.143 e. The van der Waals surface area contributed by atoms with Gasteiger partial charge in [-0.25, -0.2) is 0 Å². The number of hydrogen-bond acceptors (Lipinski definition) is 4. The minimum atomic E-state index is -0.813. The van der Waals surface area contributed by atoms with Crippen molar-refractivity contribution >= 4 is 0 Å². The van der Waals surface area contributed by atoms with Crippen molar-refractivity contribution in [2.24, 2.45) is 0 Å². The van der Waals surface area contributed by atoms with Crippen LogP contribution < -0.4 is 4.74 Å². The fourth-order valence-electron chi connectivity index (χ4n) is 1.81. The Morgan fingerprint density at radius 2 is 2.33 bits per heavy atom. The predicted octanol–water partition coefficient (Wildman–Crippen LogP) is 1.78. The molecule has 1 unspecified atom stereocenters. The molecule has 0 saturated heterocycles. The van der Waals surface area contributed by atoms with Gasteiger partial charge < -0.3 is 9.84 Å². The Morgan fingerprint density at radius 3 is 3.06 bits per heavy atom. The monoisotopic (exact) mass is 247 g/mol. The molecule has 2 aromatic rings. The fraction of sp³-hybridized carbons (Fsp3) is 0.385. The Bertz CT molecular complexity index is 510. The molecule has 1 N–H and O–H groups in total. The van der Waals surface area contributed by atoms with Crippen molar-refractivity contribution in [2.45, 2.75) is 26.0 Å². The van der Waals surface area contributed by atoms with E-state index in [0.29, 0.717) is 11.4 Å². The van der Waals surface area contributed by atoms with Crippen LogP contribution in [0.25, 0.3) is 0 Å². The maximum Gasteiger partial charge on any atom is 0.143 e. The minimum absolute atomic E-state index is 0.510. The van der Waals surface area contributed by atoms with Gasteiger partial charge in [-0.3, -0.25) is 9.67 Å². The Labute approximate surface area is 106 Å². The highest BCUT2D eigenvalue weighted by molar-refractivity contribution is 5.33. The lowest BCUT2D eigenvalue weighted by Gasteiger charge is -2.11. The molecule has 18 heavy (non-hydrogen) atoms. The first kappa shape index (κ1) is 12.6. The highest BCUT2D eigenvalue weighted by Gasteiger charge is 2.18. The molecule has 0 bridgehead atoms. The van der Waals surface area contributed by atoms with E-state index in [1.807, 2.05) is 10.9 Å². The number of rotatable bonds is 5. The SMILES string of the molecule is CCCn1cc(C(O)c2ncccc2OC)cn1. The van der Waals surface area contributed by atoms with Crippen LogP contribution in [0.5, 0.6) is 5.75 Å². The van der Waals surface area contributed by atoms with Crippen molar-refractivity contribution < 1.29 is 9.84 Å². The summed E-state index contributed by atoms with van der Waals surface area (Å²) in [7, 11) is 1.56. The number of ether oxygens (including phenoxy) is 1. The van der Waals surface area contributed by atoms with Gasteiger partial charge in [-0.2, -0.15) is 5.10 Å². The molecule has 2 aromatic heterocycles. The van der Waals surface area contributed by atoms with Gasteiger partial charge in [0.2, 0.25) is 0 Å². The summed E-state index contributed by atoms with van der Waals surface area (Å²) in [5.41, 5.74) is 1.23. The lowest BCUT2D eigenvalue weighted by Crippen LogP contribution is -2.04. The van der Waals surface area contributed by atoms with Gasteiger partial charge in [0.15, 0.2) is 0 Å². The highest BCUT2D eigenvalue weighted by Crippen LogP contribution is 2.27. The van der Waals surface area contributed by atoms with Gasteiger partial charge in [0.05, 0.1) is 13.3 Å². The second kappa shape index (κ2) is 5.64. The van der Waals surface area contributed by atoms with E-state index in [0.717, 1.165) is 18.5 Å². The fourth-order valence-corrected chi connectivity index (χ4v) is 1.81. The molecule has 0 saturated carbocycles. The van der Waals surface area contributed by atoms with E-state index in [1.165, 1.54) is 0 Å². The molecule has 2 rings (SSSR count). The van der Waals surface area contributed by atoms with Crippen LogP contribution in [0.3, 0.4) is 0 Å². The number of aromatic nitrogens is 3. The van der Waals surface area contributed by atoms with Crippen LogP contribution in [0.15, 0.2) is 30.7 Å². The Morgan fingerprint density at radius 1 is 1.50 bits per heavy atom. The maximum atomic E-state index is 10.3. The summed E-state index contributed by atoms with van der Waals surface area (Å²) in [6, 6.07) is 3.55. The molecule has 0 aliphatic carbocycles. The van der Waals surface area contributed by atoms with Crippen molar-refractivity contribution in [3.8, 4) is 5.75 Å². The quantitative estimate of drug-likeness (QED) is 0.875. The molecular formula is C13H17N3O2. The topological polar surface area (TPSA) is 60.2 Å². The third-order valence-electron chi connectivity index (χ3n) is 2.70. The second-order valence-corrected chi connectivity index (χ2v) is 4.03. The molecule has 0 amide bonds. The second-order valence-electron chi connectivity index (χ2n) is 4.03. The zero-order valence-corrected chi connectivity index (χ0v) is 10.6. The van der Waals surface area contributed by atoms with Gasteiger partial charge in [0.25, 0.3) is 0 Å². The summed E-state index contributed by atoms with van der Waals surface area (Å²) in [4.78, 5) is 4.17.